The Morgan fingerprint density at radius 2 is 1.33 bits per heavy atom. The summed E-state index contributed by atoms with van der Waals surface area (Å²) in [6.45, 7) is 2.07. The normalized spacial score (nSPS) is 15.5. The molecule has 0 atom stereocenters. The first-order valence-electron chi connectivity index (χ1n) is 16.2. The van der Waals surface area contributed by atoms with Crippen molar-refractivity contribution in [2.24, 2.45) is 17.8 Å². The zero-order valence-corrected chi connectivity index (χ0v) is 27.9. The Balaban J connectivity index is 1.41. The molecule has 0 saturated carbocycles. The van der Waals surface area contributed by atoms with Gasteiger partial charge in [-0.25, -0.2) is 9.59 Å². The van der Waals surface area contributed by atoms with Gasteiger partial charge in [0.2, 0.25) is 5.91 Å². The van der Waals surface area contributed by atoms with Crippen molar-refractivity contribution in [3.8, 4) is 0 Å². The second kappa shape index (κ2) is 18.7. The maximum Gasteiger partial charge on any atom is 0.328 e. The lowest BCUT2D eigenvalue weighted by Crippen LogP contribution is -2.61. The second-order valence-electron chi connectivity index (χ2n) is 12.1. The number of hydrogen-bond acceptors (Lipinski definition) is 9. The lowest BCUT2D eigenvalue weighted by molar-refractivity contribution is -0.147. The third-order valence-corrected chi connectivity index (χ3v) is 7.99. The lowest BCUT2D eigenvalue weighted by Gasteiger charge is -2.35. The number of ether oxygens (including phenoxy) is 4. The van der Waals surface area contributed by atoms with Crippen molar-refractivity contribution in [2.75, 3.05) is 66.4 Å². The molecule has 0 saturated heterocycles. The number of nitrogens with one attached hydrogen (secondary N) is 3. The number of nitrogens with zero attached hydrogens (tertiary/aromatic N) is 2. The van der Waals surface area contributed by atoms with Crippen LogP contribution in [0.3, 0.4) is 0 Å². The van der Waals surface area contributed by atoms with E-state index in [4.69, 9.17) is 18.9 Å². The van der Waals surface area contributed by atoms with E-state index in [2.05, 4.69) is 15.6 Å². The molecule has 0 radical (unpaired) electrons. The molecule has 0 bridgehead atoms. The molecule has 14 heteroatoms. The van der Waals surface area contributed by atoms with Crippen LogP contribution in [0.5, 0.6) is 0 Å². The number of H-pyrrole nitrogens is 1. The average Bonchev–Trinajstić information content (AvgIpc) is 3.88. The van der Waals surface area contributed by atoms with E-state index < -0.39 is 47.8 Å². The highest BCUT2D eigenvalue weighted by Gasteiger charge is 2.35. The van der Waals surface area contributed by atoms with Gasteiger partial charge in [-0.3, -0.25) is 23.9 Å². The van der Waals surface area contributed by atoms with E-state index in [1.54, 1.807) is 0 Å². The second-order valence-corrected chi connectivity index (χ2v) is 12.1. The van der Waals surface area contributed by atoms with Crippen LogP contribution in [0.25, 0.3) is 0 Å². The van der Waals surface area contributed by atoms with Crippen LogP contribution in [0.4, 0.5) is 4.79 Å². The molecule has 4 rings (SSSR count). The Bertz CT molecular complexity index is 1480. The number of aryl methyl sites for hydroxylation is 1. The molecule has 3 aliphatic rings. The highest BCUT2D eigenvalue weighted by atomic mass is 16.5. The number of urea groups is 1. The SMILES string of the molecule is COC(=O)CN(CCNC(=O)NC(COCC1C=CC=C1)(COCC1C=CC=C1)COCC1C=CC=C1)C(=O)Cn1cc(C)c(=O)[nH]c1=O. The predicted octanol–water partition coefficient (Wildman–Crippen LogP) is 1.16. The molecular formula is C35H45N5O9. The standard InChI is InChI=1S/C35H45N5O9/c1-26-17-40(34(45)37-32(26)43)18-30(41)39(19-31(42)46-2)16-15-36-33(44)38-35(23-47-20-27-9-3-4-10-27,24-48-21-28-11-5-6-12-28)25-49-22-29-13-7-8-14-29/h3-14,17,27-29H,15-16,18-25H2,1-2H3,(H2,36,38,44)(H,37,43,45). The van der Waals surface area contributed by atoms with Crippen LogP contribution in [0, 0.1) is 24.7 Å². The van der Waals surface area contributed by atoms with E-state index in [-0.39, 0.29) is 56.2 Å². The first-order valence-corrected chi connectivity index (χ1v) is 16.2. The highest BCUT2D eigenvalue weighted by Crippen LogP contribution is 2.17. The van der Waals surface area contributed by atoms with Crippen molar-refractivity contribution in [3.63, 3.8) is 0 Å². The summed E-state index contributed by atoms with van der Waals surface area (Å²) in [5.74, 6) is -0.926. The predicted molar refractivity (Wildman–Crippen MR) is 182 cm³/mol. The van der Waals surface area contributed by atoms with Crippen LogP contribution >= 0.6 is 0 Å². The average molecular weight is 680 g/mol. The van der Waals surface area contributed by atoms with Crippen LogP contribution < -0.4 is 21.9 Å². The van der Waals surface area contributed by atoms with Gasteiger partial charge < -0.3 is 34.5 Å². The number of esters is 1. The minimum absolute atomic E-state index is 0.0419. The molecule has 264 valence electrons. The number of hydrogen-bond donors (Lipinski definition) is 3. The fourth-order valence-corrected chi connectivity index (χ4v) is 5.25. The van der Waals surface area contributed by atoms with Gasteiger partial charge in [0.1, 0.15) is 18.6 Å². The first kappa shape index (κ1) is 37.0. The summed E-state index contributed by atoms with van der Waals surface area (Å²) in [5, 5.41) is 5.77. The molecule has 1 heterocycles. The number of methoxy groups -OCH3 is 1. The van der Waals surface area contributed by atoms with Crippen molar-refractivity contribution in [2.45, 2.75) is 19.0 Å². The number of aromatic nitrogens is 2. The van der Waals surface area contributed by atoms with Crippen molar-refractivity contribution < 1.29 is 33.3 Å². The van der Waals surface area contributed by atoms with E-state index in [0.717, 1.165) is 9.47 Å². The van der Waals surface area contributed by atoms with Gasteiger partial charge in [0.25, 0.3) is 5.56 Å². The van der Waals surface area contributed by atoms with Crippen LogP contribution in [0.2, 0.25) is 0 Å². The summed E-state index contributed by atoms with van der Waals surface area (Å²) in [6, 6.07) is -0.560. The first-order chi connectivity index (χ1) is 23.7. The zero-order valence-electron chi connectivity index (χ0n) is 27.9. The van der Waals surface area contributed by atoms with Crippen LogP contribution in [0.1, 0.15) is 5.56 Å². The van der Waals surface area contributed by atoms with Gasteiger partial charge in [-0.1, -0.05) is 72.9 Å². The van der Waals surface area contributed by atoms with Crippen LogP contribution in [-0.4, -0.2) is 104 Å². The van der Waals surface area contributed by atoms with Gasteiger partial charge in [-0.05, 0) is 6.92 Å². The third kappa shape index (κ3) is 12.0. The Morgan fingerprint density at radius 3 is 1.80 bits per heavy atom. The van der Waals surface area contributed by atoms with Gasteiger partial charge in [0.05, 0.1) is 46.8 Å². The molecule has 3 N–H and O–H groups in total. The smallest absolute Gasteiger partial charge is 0.328 e. The largest absolute Gasteiger partial charge is 0.468 e. The molecule has 1 aromatic rings. The minimum atomic E-state index is -1.07. The molecule has 0 fully saturated rings. The molecule has 0 spiro atoms. The van der Waals surface area contributed by atoms with Gasteiger partial charge in [0, 0.05) is 42.6 Å². The minimum Gasteiger partial charge on any atom is -0.468 e. The fraction of sp³-hybridized carbons (Fsp3) is 0.457. The number of amides is 3. The highest BCUT2D eigenvalue weighted by molar-refractivity contribution is 5.82. The quantitative estimate of drug-likeness (QED) is 0.171. The molecule has 3 aliphatic carbocycles. The van der Waals surface area contributed by atoms with E-state index in [0.29, 0.717) is 19.8 Å². The molecule has 0 unspecified atom stereocenters. The molecule has 0 aliphatic heterocycles. The number of carbonyl (C=O) groups is 3. The number of aromatic amines is 1. The van der Waals surface area contributed by atoms with E-state index in [1.807, 2.05) is 72.9 Å². The number of carbonyl (C=O) groups excluding carboxylic acids is 3. The summed E-state index contributed by atoms with van der Waals surface area (Å²) in [7, 11) is 1.19. The van der Waals surface area contributed by atoms with Crippen LogP contribution in [0.15, 0.2) is 88.7 Å². The Kier molecular flexibility index (Phi) is 14.1. The van der Waals surface area contributed by atoms with Gasteiger partial charge >= 0.3 is 17.7 Å². The molecule has 1 aromatic heterocycles. The maximum absolute atomic E-state index is 13.4. The molecular weight excluding hydrogens is 634 g/mol. The summed E-state index contributed by atoms with van der Waals surface area (Å²) in [6.07, 6.45) is 25.2. The van der Waals surface area contributed by atoms with Gasteiger partial charge in [-0.2, -0.15) is 0 Å². The zero-order chi connectivity index (χ0) is 35.1. The monoisotopic (exact) mass is 679 g/mol. The fourth-order valence-electron chi connectivity index (χ4n) is 5.25. The van der Waals surface area contributed by atoms with Crippen molar-refractivity contribution >= 4 is 17.9 Å². The summed E-state index contributed by atoms with van der Waals surface area (Å²) in [5.41, 5.74) is -2.14. The maximum atomic E-state index is 13.4. The van der Waals surface area contributed by atoms with E-state index in [1.165, 1.54) is 20.2 Å². The van der Waals surface area contributed by atoms with Crippen molar-refractivity contribution in [1.82, 2.24) is 25.1 Å². The van der Waals surface area contributed by atoms with Gasteiger partial charge in [0.15, 0.2) is 0 Å². The third-order valence-electron chi connectivity index (χ3n) is 7.99. The number of allylic oxidation sites excluding steroid dienone is 6. The molecule has 49 heavy (non-hydrogen) atoms. The van der Waals surface area contributed by atoms with Crippen molar-refractivity contribution in [3.05, 3.63) is 106 Å². The molecule has 3 amide bonds. The van der Waals surface area contributed by atoms with Crippen molar-refractivity contribution in [1.29, 1.82) is 0 Å². The molecule has 0 aromatic carbocycles. The van der Waals surface area contributed by atoms with Crippen LogP contribution in [-0.2, 0) is 35.1 Å². The summed E-state index contributed by atoms with van der Waals surface area (Å²) < 4.78 is 24.2. The Morgan fingerprint density at radius 1 is 0.837 bits per heavy atom. The summed E-state index contributed by atoms with van der Waals surface area (Å²) >= 11 is 0. The Hall–Kier alpha value is -4.79. The van der Waals surface area contributed by atoms with E-state index >= 15 is 0 Å². The topological polar surface area (TPSA) is 170 Å². The number of rotatable bonds is 20. The van der Waals surface area contributed by atoms with Gasteiger partial charge in [-0.15, -0.1) is 0 Å². The lowest BCUT2D eigenvalue weighted by atomic mass is 10.0. The van der Waals surface area contributed by atoms with E-state index in [9.17, 15) is 24.0 Å². The summed E-state index contributed by atoms with van der Waals surface area (Å²) in [4.78, 5) is 66.0. The molecule has 14 nitrogen and oxygen atoms in total. The Labute approximate surface area is 284 Å².